The van der Waals surface area contributed by atoms with Crippen molar-refractivity contribution in [3.05, 3.63) is 68.6 Å². The monoisotopic (exact) mass is 496 g/mol. The van der Waals surface area contributed by atoms with Crippen LogP contribution in [0.4, 0.5) is 0 Å². The molecule has 0 spiro atoms. The molecule has 0 unspecified atom stereocenters. The van der Waals surface area contributed by atoms with Crippen LogP contribution in [0.2, 0.25) is 0 Å². The predicted molar refractivity (Wildman–Crippen MR) is 111 cm³/mol. The van der Waals surface area contributed by atoms with E-state index in [0.29, 0.717) is 32.5 Å². The van der Waals surface area contributed by atoms with Crippen molar-refractivity contribution in [2.45, 2.75) is 32.1 Å². The molecule has 0 aliphatic carbocycles. The molecule has 0 atom stereocenters. The van der Waals surface area contributed by atoms with Crippen molar-refractivity contribution in [1.82, 2.24) is 0 Å². The molecule has 144 valence electrons. The molecule has 0 amide bonds. The summed E-state index contributed by atoms with van der Waals surface area (Å²) in [6.45, 7) is 0.679. The maximum absolute atomic E-state index is 11.7. The van der Waals surface area contributed by atoms with Gasteiger partial charge in [0.25, 0.3) is 0 Å². The highest BCUT2D eigenvalue weighted by Crippen LogP contribution is 2.13. The van der Waals surface area contributed by atoms with Gasteiger partial charge in [0, 0.05) is 34.6 Å². The molecule has 0 radical (unpaired) electrons. The van der Waals surface area contributed by atoms with E-state index in [9.17, 15) is 9.59 Å². The van der Waals surface area contributed by atoms with Crippen molar-refractivity contribution in [2.24, 2.45) is 0 Å². The average molecular weight is 498 g/mol. The lowest BCUT2D eigenvalue weighted by Crippen LogP contribution is -2.11. The highest BCUT2D eigenvalue weighted by atomic mass is 79.9. The van der Waals surface area contributed by atoms with E-state index < -0.39 is 0 Å². The Morgan fingerprint density at radius 1 is 0.741 bits per heavy atom. The van der Waals surface area contributed by atoms with Gasteiger partial charge in [-0.2, -0.15) is 0 Å². The molecular weight excluding hydrogens is 476 g/mol. The minimum atomic E-state index is -0.285. The second-order valence-corrected chi connectivity index (χ2v) is 7.89. The van der Waals surface area contributed by atoms with Crippen LogP contribution in [0, 0.1) is 0 Å². The maximum atomic E-state index is 11.7. The van der Waals surface area contributed by atoms with Gasteiger partial charge in [0.15, 0.2) is 0 Å². The van der Waals surface area contributed by atoms with Gasteiger partial charge in [0.2, 0.25) is 0 Å². The number of carbonyl (C=O) groups is 2. The first-order valence-electron chi connectivity index (χ1n) is 8.83. The lowest BCUT2D eigenvalue weighted by atomic mass is 10.2. The Kier molecular flexibility index (Phi) is 9.56. The average Bonchev–Trinajstić information content (AvgIpc) is 2.62. The Morgan fingerprint density at radius 3 is 1.59 bits per heavy atom. The molecule has 4 nitrogen and oxygen atoms in total. The molecule has 6 heteroatoms. The minimum absolute atomic E-state index is 0.221. The fourth-order valence-electron chi connectivity index (χ4n) is 2.47. The van der Waals surface area contributed by atoms with E-state index in [4.69, 9.17) is 9.47 Å². The Labute approximate surface area is 176 Å². The SMILES string of the molecule is O=C(CCCC(=O)OCCc1cccc(Br)c1)OCCc1cccc(Br)c1. The zero-order chi connectivity index (χ0) is 19.5. The van der Waals surface area contributed by atoms with Crippen molar-refractivity contribution in [3.63, 3.8) is 0 Å². The molecule has 0 saturated carbocycles. The van der Waals surface area contributed by atoms with Crippen molar-refractivity contribution in [2.75, 3.05) is 13.2 Å². The van der Waals surface area contributed by atoms with Gasteiger partial charge < -0.3 is 9.47 Å². The fourth-order valence-corrected chi connectivity index (χ4v) is 3.37. The summed E-state index contributed by atoms with van der Waals surface area (Å²) in [6.07, 6.45) is 2.22. The molecule has 0 bridgehead atoms. The third-order valence-corrected chi connectivity index (χ3v) is 4.83. The van der Waals surface area contributed by atoms with Gasteiger partial charge in [0.05, 0.1) is 13.2 Å². The Hall–Kier alpha value is -1.66. The molecular formula is C21H22Br2O4. The van der Waals surface area contributed by atoms with Crippen LogP contribution >= 0.6 is 31.9 Å². The van der Waals surface area contributed by atoms with Gasteiger partial charge in [-0.05, 0) is 41.8 Å². The largest absolute Gasteiger partial charge is 0.465 e. The van der Waals surface area contributed by atoms with E-state index in [-0.39, 0.29) is 24.8 Å². The lowest BCUT2D eigenvalue weighted by Gasteiger charge is -2.07. The molecule has 0 heterocycles. The summed E-state index contributed by atoms with van der Waals surface area (Å²) in [6, 6.07) is 15.8. The zero-order valence-corrected chi connectivity index (χ0v) is 18.1. The summed E-state index contributed by atoms with van der Waals surface area (Å²) in [5, 5.41) is 0. The summed E-state index contributed by atoms with van der Waals surface area (Å²) in [5.41, 5.74) is 2.21. The molecule has 0 aromatic heterocycles. The Bertz CT molecular complexity index is 698. The van der Waals surface area contributed by atoms with Gasteiger partial charge in [-0.3, -0.25) is 9.59 Å². The first-order chi connectivity index (χ1) is 13.0. The van der Waals surface area contributed by atoms with E-state index in [1.807, 2.05) is 48.5 Å². The lowest BCUT2D eigenvalue weighted by molar-refractivity contribution is -0.145. The minimum Gasteiger partial charge on any atom is -0.465 e. The van der Waals surface area contributed by atoms with E-state index in [0.717, 1.165) is 20.1 Å². The standard InChI is InChI=1S/C21H22Br2O4/c22-18-6-1-4-16(14-18)10-12-26-20(24)8-3-9-21(25)27-13-11-17-5-2-7-19(23)15-17/h1-2,4-7,14-15H,3,8-13H2. The van der Waals surface area contributed by atoms with Crippen LogP contribution in [0.5, 0.6) is 0 Å². The van der Waals surface area contributed by atoms with Crippen molar-refractivity contribution >= 4 is 43.8 Å². The van der Waals surface area contributed by atoms with Gasteiger partial charge in [-0.1, -0.05) is 56.1 Å². The summed E-state index contributed by atoms with van der Waals surface area (Å²) in [4.78, 5) is 23.4. The summed E-state index contributed by atoms with van der Waals surface area (Å²) < 4.78 is 12.4. The van der Waals surface area contributed by atoms with Crippen molar-refractivity contribution < 1.29 is 19.1 Å². The van der Waals surface area contributed by atoms with E-state index in [1.165, 1.54) is 0 Å². The van der Waals surface area contributed by atoms with Crippen LogP contribution in [-0.2, 0) is 31.9 Å². The first kappa shape index (κ1) is 21.6. The summed E-state index contributed by atoms with van der Waals surface area (Å²) >= 11 is 6.82. The van der Waals surface area contributed by atoms with Crippen LogP contribution in [-0.4, -0.2) is 25.2 Å². The smallest absolute Gasteiger partial charge is 0.305 e. The van der Waals surface area contributed by atoms with Gasteiger partial charge in [0.1, 0.15) is 0 Å². The molecule has 2 aromatic rings. The molecule has 0 N–H and O–H groups in total. The topological polar surface area (TPSA) is 52.6 Å². The Balaban J connectivity index is 1.53. The van der Waals surface area contributed by atoms with Gasteiger partial charge >= 0.3 is 11.9 Å². The molecule has 2 rings (SSSR count). The van der Waals surface area contributed by atoms with Crippen LogP contribution in [0.3, 0.4) is 0 Å². The predicted octanol–water partition coefficient (Wildman–Crippen LogP) is 5.25. The van der Waals surface area contributed by atoms with E-state index >= 15 is 0 Å². The normalized spacial score (nSPS) is 10.4. The second kappa shape index (κ2) is 11.9. The van der Waals surface area contributed by atoms with E-state index in [1.54, 1.807) is 0 Å². The zero-order valence-electron chi connectivity index (χ0n) is 15.0. The fraction of sp³-hybridized carbons (Fsp3) is 0.333. The van der Waals surface area contributed by atoms with Crippen molar-refractivity contribution in [1.29, 1.82) is 0 Å². The van der Waals surface area contributed by atoms with Crippen LogP contribution < -0.4 is 0 Å². The Morgan fingerprint density at radius 2 is 1.19 bits per heavy atom. The number of ether oxygens (including phenoxy) is 2. The van der Waals surface area contributed by atoms with E-state index in [2.05, 4.69) is 31.9 Å². The molecule has 0 saturated heterocycles. The van der Waals surface area contributed by atoms with Crippen molar-refractivity contribution in [3.8, 4) is 0 Å². The molecule has 27 heavy (non-hydrogen) atoms. The maximum Gasteiger partial charge on any atom is 0.305 e. The highest BCUT2D eigenvalue weighted by Gasteiger charge is 2.08. The highest BCUT2D eigenvalue weighted by molar-refractivity contribution is 9.10. The third-order valence-electron chi connectivity index (χ3n) is 3.85. The number of halogens is 2. The summed E-state index contributed by atoms with van der Waals surface area (Å²) in [5.74, 6) is -0.570. The molecule has 0 aliphatic heterocycles. The summed E-state index contributed by atoms with van der Waals surface area (Å²) in [7, 11) is 0. The van der Waals surface area contributed by atoms with Gasteiger partial charge in [-0.15, -0.1) is 0 Å². The second-order valence-electron chi connectivity index (χ2n) is 6.05. The number of benzene rings is 2. The quantitative estimate of drug-likeness (QED) is 0.420. The third kappa shape index (κ3) is 9.20. The molecule has 0 fully saturated rings. The molecule has 0 aliphatic rings. The van der Waals surface area contributed by atoms with Crippen LogP contribution in [0.25, 0.3) is 0 Å². The number of carbonyl (C=O) groups excluding carboxylic acids is 2. The number of esters is 2. The van der Waals surface area contributed by atoms with Gasteiger partial charge in [-0.25, -0.2) is 0 Å². The number of rotatable bonds is 10. The van der Waals surface area contributed by atoms with Crippen LogP contribution in [0.1, 0.15) is 30.4 Å². The number of hydrogen-bond donors (Lipinski definition) is 0. The van der Waals surface area contributed by atoms with Crippen LogP contribution in [0.15, 0.2) is 57.5 Å². The first-order valence-corrected chi connectivity index (χ1v) is 10.4. The number of hydrogen-bond acceptors (Lipinski definition) is 4. The molecule has 2 aromatic carbocycles.